The van der Waals surface area contributed by atoms with E-state index in [1.807, 2.05) is 26.0 Å². The zero-order valence-electron chi connectivity index (χ0n) is 10.4. The lowest BCUT2D eigenvalue weighted by atomic mass is 10.1. The van der Waals surface area contributed by atoms with E-state index in [2.05, 4.69) is 16.7 Å². The van der Waals surface area contributed by atoms with Crippen LogP contribution in [0.5, 0.6) is 0 Å². The topological polar surface area (TPSA) is 64.9 Å². The second-order valence-electron chi connectivity index (χ2n) is 3.74. The fraction of sp³-hybridized carbons (Fsp3) is 0.385. The zero-order chi connectivity index (χ0) is 12.7. The van der Waals surface area contributed by atoms with E-state index in [0.717, 1.165) is 24.0 Å². The molecule has 4 heteroatoms. The number of hydrogen-bond acceptors (Lipinski definition) is 4. The predicted molar refractivity (Wildman–Crippen MR) is 69.3 cm³/mol. The van der Waals surface area contributed by atoms with Crippen LogP contribution in [0.15, 0.2) is 34.9 Å². The number of rotatable bonds is 6. The van der Waals surface area contributed by atoms with Gasteiger partial charge in [0.05, 0.1) is 0 Å². The van der Waals surface area contributed by atoms with Gasteiger partial charge in [0, 0.05) is 12.0 Å². The van der Waals surface area contributed by atoms with Crippen molar-refractivity contribution in [2.45, 2.75) is 26.7 Å². The first-order chi connectivity index (χ1) is 8.21. The van der Waals surface area contributed by atoms with Crippen molar-refractivity contribution in [2.75, 3.05) is 6.54 Å². The normalized spacial score (nSPS) is 12.9. The number of nitrogens with zero attached hydrogens (tertiary/aromatic N) is 2. The minimum Gasteiger partial charge on any atom is -0.339 e. The molecule has 0 saturated heterocycles. The first-order valence-corrected chi connectivity index (χ1v) is 5.71. The van der Waals surface area contributed by atoms with Gasteiger partial charge in [-0.3, -0.25) is 0 Å². The van der Waals surface area contributed by atoms with E-state index in [4.69, 9.17) is 10.3 Å². The summed E-state index contributed by atoms with van der Waals surface area (Å²) in [4.78, 5) is 4.31. The quantitative estimate of drug-likeness (QED) is 0.767. The summed E-state index contributed by atoms with van der Waals surface area (Å²) < 4.78 is 5.14. The van der Waals surface area contributed by atoms with Crippen molar-refractivity contribution in [1.82, 2.24) is 10.1 Å². The Morgan fingerprint density at radius 3 is 2.88 bits per heavy atom. The average molecular weight is 233 g/mol. The van der Waals surface area contributed by atoms with Crippen LogP contribution in [0.1, 0.15) is 32.0 Å². The van der Waals surface area contributed by atoms with Crippen molar-refractivity contribution >= 4 is 5.57 Å². The van der Waals surface area contributed by atoms with Crippen LogP contribution in [0.3, 0.4) is 0 Å². The summed E-state index contributed by atoms with van der Waals surface area (Å²) in [7, 11) is 0. The van der Waals surface area contributed by atoms with Crippen LogP contribution in [0.4, 0.5) is 0 Å². The Morgan fingerprint density at radius 2 is 2.29 bits per heavy atom. The monoisotopic (exact) mass is 233 g/mol. The molecular weight excluding hydrogens is 214 g/mol. The average Bonchev–Trinajstić information content (AvgIpc) is 2.81. The van der Waals surface area contributed by atoms with E-state index in [9.17, 15) is 0 Å². The number of aromatic nitrogens is 2. The second kappa shape index (κ2) is 6.81. The molecule has 1 rings (SSSR count). The molecular formula is C13H19N3O. The third kappa shape index (κ3) is 4.00. The summed E-state index contributed by atoms with van der Waals surface area (Å²) >= 11 is 0. The number of aryl methyl sites for hydroxylation is 1. The van der Waals surface area contributed by atoms with Crippen LogP contribution in [0.2, 0.25) is 0 Å². The van der Waals surface area contributed by atoms with Gasteiger partial charge in [-0.2, -0.15) is 4.98 Å². The molecule has 0 saturated carbocycles. The summed E-state index contributed by atoms with van der Waals surface area (Å²) in [5.41, 5.74) is 7.42. The van der Waals surface area contributed by atoms with Gasteiger partial charge in [-0.05, 0) is 32.9 Å². The highest BCUT2D eigenvalue weighted by Crippen LogP contribution is 2.15. The van der Waals surface area contributed by atoms with Crippen LogP contribution in [-0.2, 0) is 6.42 Å². The molecule has 0 amide bonds. The molecule has 0 unspecified atom stereocenters. The van der Waals surface area contributed by atoms with Crippen molar-refractivity contribution in [1.29, 1.82) is 0 Å². The third-order valence-corrected chi connectivity index (χ3v) is 2.38. The van der Waals surface area contributed by atoms with Crippen LogP contribution in [0, 0.1) is 0 Å². The maximum Gasteiger partial charge on any atom is 0.227 e. The molecule has 0 aromatic carbocycles. The lowest BCUT2D eigenvalue weighted by molar-refractivity contribution is 0.374. The Morgan fingerprint density at radius 1 is 1.53 bits per heavy atom. The highest BCUT2D eigenvalue weighted by atomic mass is 16.5. The van der Waals surface area contributed by atoms with Gasteiger partial charge in [-0.1, -0.05) is 29.5 Å². The van der Waals surface area contributed by atoms with Gasteiger partial charge in [0.15, 0.2) is 0 Å². The predicted octanol–water partition coefficient (Wildman–Crippen LogP) is 2.50. The van der Waals surface area contributed by atoms with Gasteiger partial charge >= 0.3 is 0 Å². The fourth-order valence-electron chi connectivity index (χ4n) is 1.27. The summed E-state index contributed by atoms with van der Waals surface area (Å²) in [5.74, 6) is 1.20. The smallest absolute Gasteiger partial charge is 0.227 e. The Balaban J connectivity index is 2.86. The van der Waals surface area contributed by atoms with E-state index in [1.54, 1.807) is 6.08 Å². The van der Waals surface area contributed by atoms with Crippen LogP contribution < -0.4 is 5.73 Å². The molecule has 92 valence electrons. The fourth-order valence-corrected chi connectivity index (χ4v) is 1.27. The van der Waals surface area contributed by atoms with E-state index < -0.39 is 0 Å². The summed E-state index contributed by atoms with van der Waals surface area (Å²) in [6, 6.07) is 0. The number of nitrogens with two attached hydrogens (primary N) is 1. The standard InChI is InChI=1S/C13H19N3O/c1-4-10(3)9-11(5-2)13-15-12(17-16-13)7-6-8-14/h4-5,9H,2,6-8,14H2,1,3H3/b10-4-,11-9+. The number of hydrogen-bond donors (Lipinski definition) is 1. The Hall–Kier alpha value is -1.68. The van der Waals surface area contributed by atoms with Crippen LogP contribution in [-0.4, -0.2) is 16.7 Å². The molecule has 1 aromatic rings. The van der Waals surface area contributed by atoms with Crippen molar-refractivity contribution in [3.8, 4) is 0 Å². The van der Waals surface area contributed by atoms with Crippen molar-refractivity contribution in [2.24, 2.45) is 5.73 Å². The summed E-state index contributed by atoms with van der Waals surface area (Å²) in [6.45, 7) is 8.38. The molecule has 0 spiro atoms. The molecule has 4 nitrogen and oxygen atoms in total. The van der Waals surface area contributed by atoms with E-state index in [0.29, 0.717) is 18.3 Å². The molecule has 1 aromatic heterocycles. The third-order valence-electron chi connectivity index (χ3n) is 2.38. The van der Waals surface area contributed by atoms with Gasteiger partial charge in [0.1, 0.15) is 0 Å². The van der Waals surface area contributed by atoms with Crippen molar-refractivity contribution in [3.05, 3.63) is 42.1 Å². The van der Waals surface area contributed by atoms with Crippen molar-refractivity contribution < 1.29 is 4.52 Å². The van der Waals surface area contributed by atoms with Gasteiger partial charge in [0.2, 0.25) is 11.7 Å². The van der Waals surface area contributed by atoms with Crippen LogP contribution >= 0.6 is 0 Å². The first-order valence-electron chi connectivity index (χ1n) is 5.71. The Kier molecular flexibility index (Phi) is 5.36. The highest BCUT2D eigenvalue weighted by molar-refractivity contribution is 5.70. The minimum absolute atomic E-state index is 0.577. The summed E-state index contributed by atoms with van der Waals surface area (Å²) in [6.07, 6.45) is 7.28. The minimum atomic E-state index is 0.577. The highest BCUT2D eigenvalue weighted by Gasteiger charge is 2.08. The molecule has 0 aliphatic heterocycles. The molecule has 2 N–H and O–H groups in total. The Labute approximate surface area is 102 Å². The first kappa shape index (κ1) is 13.4. The lowest BCUT2D eigenvalue weighted by Crippen LogP contribution is -2.00. The zero-order valence-corrected chi connectivity index (χ0v) is 10.4. The molecule has 0 aliphatic rings. The molecule has 0 fully saturated rings. The van der Waals surface area contributed by atoms with Crippen molar-refractivity contribution in [3.63, 3.8) is 0 Å². The van der Waals surface area contributed by atoms with E-state index in [-0.39, 0.29) is 0 Å². The molecule has 0 bridgehead atoms. The molecule has 1 heterocycles. The number of allylic oxidation sites excluding steroid dienone is 5. The van der Waals surface area contributed by atoms with Gasteiger partial charge < -0.3 is 10.3 Å². The largest absolute Gasteiger partial charge is 0.339 e. The molecule has 0 radical (unpaired) electrons. The van der Waals surface area contributed by atoms with Gasteiger partial charge in [0.25, 0.3) is 0 Å². The van der Waals surface area contributed by atoms with Gasteiger partial charge in [-0.25, -0.2) is 0 Å². The SMILES string of the molecule is C=C/C(=C\C(C)=C/C)c1noc(CCCN)n1. The maximum absolute atomic E-state index is 5.43. The maximum atomic E-state index is 5.43. The lowest BCUT2D eigenvalue weighted by Gasteiger charge is -1.95. The molecule has 0 atom stereocenters. The van der Waals surface area contributed by atoms with E-state index in [1.165, 1.54) is 0 Å². The van der Waals surface area contributed by atoms with E-state index >= 15 is 0 Å². The van der Waals surface area contributed by atoms with Gasteiger partial charge in [-0.15, -0.1) is 0 Å². The van der Waals surface area contributed by atoms with Crippen LogP contribution in [0.25, 0.3) is 5.57 Å². The molecule has 0 aliphatic carbocycles. The molecule has 17 heavy (non-hydrogen) atoms. The Bertz CT molecular complexity index is 430. The second-order valence-corrected chi connectivity index (χ2v) is 3.74. The summed E-state index contributed by atoms with van der Waals surface area (Å²) in [5, 5.41) is 3.93.